The highest BCUT2D eigenvalue weighted by atomic mass is 32.1. The Hall–Kier alpha value is -2.78. The van der Waals surface area contributed by atoms with Crippen LogP contribution in [0.2, 0.25) is 0 Å². The summed E-state index contributed by atoms with van der Waals surface area (Å²) in [6.07, 6.45) is 5.37. The van der Waals surface area contributed by atoms with Crippen molar-refractivity contribution in [2.24, 2.45) is 4.99 Å². The molecule has 0 spiro atoms. The van der Waals surface area contributed by atoms with Crippen LogP contribution in [-0.2, 0) is 10.2 Å². The lowest BCUT2D eigenvalue weighted by Gasteiger charge is -2.25. The van der Waals surface area contributed by atoms with E-state index in [0.717, 1.165) is 5.56 Å². The van der Waals surface area contributed by atoms with Gasteiger partial charge in [-0.25, -0.2) is 0 Å². The first kappa shape index (κ1) is 19.5. The molecule has 0 bridgehead atoms. The van der Waals surface area contributed by atoms with E-state index in [0.29, 0.717) is 18.2 Å². The maximum Gasteiger partial charge on any atom is 0.243 e. The van der Waals surface area contributed by atoms with Crippen LogP contribution in [-0.4, -0.2) is 32.0 Å². The Bertz CT molecular complexity index is 803. The molecule has 0 radical (unpaired) electrons. The molecule has 1 amide bonds. The maximum absolute atomic E-state index is 12.1. The third kappa shape index (κ3) is 5.64. The largest absolute Gasteiger partial charge is 0.356 e. The van der Waals surface area contributed by atoms with Crippen LogP contribution in [0.15, 0.2) is 46.8 Å². The van der Waals surface area contributed by atoms with E-state index in [1.165, 1.54) is 4.88 Å². The number of carbonyl (C=O) groups excluding carboxylic acids is 1. The second kappa shape index (κ2) is 9.07. The molecule has 0 aliphatic rings. The number of thiophene rings is 1. The van der Waals surface area contributed by atoms with Crippen LogP contribution < -0.4 is 16.0 Å². The number of hydrogen-bond donors (Lipinski definition) is 3. The van der Waals surface area contributed by atoms with Gasteiger partial charge in [0.1, 0.15) is 0 Å². The molecule has 2 aromatic rings. The van der Waals surface area contributed by atoms with Crippen molar-refractivity contribution >= 4 is 28.9 Å². The number of nitrogens with zero attached hydrogens (tertiary/aromatic N) is 1. The molecule has 0 saturated heterocycles. The summed E-state index contributed by atoms with van der Waals surface area (Å²) in [5.41, 5.74) is 1.38. The summed E-state index contributed by atoms with van der Waals surface area (Å²) in [5, 5.41) is 11.2. The first-order chi connectivity index (χ1) is 12.4. The molecule has 6 heteroatoms. The van der Waals surface area contributed by atoms with Gasteiger partial charge in [0, 0.05) is 35.1 Å². The fraction of sp³-hybridized carbons (Fsp3) is 0.300. The Morgan fingerprint density at radius 3 is 2.73 bits per heavy atom. The molecule has 1 aromatic heterocycles. The van der Waals surface area contributed by atoms with Crippen molar-refractivity contribution in [3.8, 4) is 12.3 Å². The van der Waals surface area contributed by atoms with Crippen molar-refractivity contribution in [3.05, 3.63) is 52.2 Å². The minimum absolute atomic E-state index is 0.0241. The van der Waals surface area contributed by atoms with Gasteiger partial charge in [0.15, 0.2) is 5.96 Å². The molecule has 2 rings (SSSR count). The molecule has 5 nitrogen and oxygen atoms in total. The summed E-state index contributed by atoms with van der Waals surface area (Å²) in [7, 11) is 1.68. The highest BCUT2D eigenvalue weighted by Gasteiger charge is 2.22. The number of hydrogen-bond acceptors (Lipinski definition) is 3. The van der Waals surface area contributed by atoms with E-state index in [4.69, 9.17) is 6.42 Å². The zero-order valence-corrected chi connectivity index (χ0v) is 16.1. The maximum atomic E-state index is 12.1. The summed E-state index contributed by atoms with van der Waals surface area (Å²) >= 11 is 1.73. The average Bonchev–Trinajstić information content (AvgIpc) is 3.17. The van der Waals surface area contributed by atoms with Gasteiger partial charge in [0.25, 0.3) is 0 Å². The predicted molar refractivity (Wildman–Crippen MR) is 110 cm³/mol. The molecular formula is C20H24N4OS. The van der Waals surface area contributed by atoms with E-state index in [1.54, 1.807) is 30.5 Å². The minimum Gasteiger partial charge on any atom is -0.356 e. The molecule has 0 fully saturated rings. The van der Waals surface area contributed by atoms with Crippen molar-refractivity contribution in [3.63, 3.8) is 0 Å². The summed E-state index contributed by atoms with van der Waals surface area (Å²) in [6.45, 7) is 5.16. The minimum atomic E-state index is -0.167. The zero-order chi connectivity index (χ0) is 19.0. The first-order valence-corrected chi connectivity index (χ1v) is 9.17. The lowest BCUT2D eigenvalue weighted by Crippen LogP contribution is -2.45. The molecule has 0 unspecified atom stereocenters. The van der Waals surface area contributed by atoms with E-state index in [9.17, 15) is 4.79 Å². The van der Waals surface area contributed by atoms with Crippen molar-refractivity contribution in [2.45, 2.75) is 19.3 Å². The molecule has 0 saturated carbocycles. The quantitative estimate of drug-likeness (QED) is 0.417. The Morgan fingerprint density at radius 2 is 2.08 bits per heavy atom. The third-order valence-electron chi connectivity index (χ3n) is 3.84. The molecule has 0 aliphatic carbocycles. The number of terminal acetylenes is 1. The zero-order valence-electron chi connectivity index (χ0n) is 15.3. The van der Waals surface area contributed by atoms with Crippen LogP contribution in [0.4, 0.5) is 5.69 Å². The van der Waals surface area contributed by atoms with Crippen molar-refractivity contribution in [2.75, 3.05) is 25.5 Å². The van der Waals surface area contributed by atoms with E-state index in [1.807, 2.05) is 18.2 Å². The molecule has 0 aliphatic heterocycles. The molecule has 136 valence electrons. The van der Waals surface area contributed by atoms with Gasteiger partial charge in [-0.05, 0) is 29.6 Å². The smallest absolute Gasteiger partial charge is 0.243 e. The Labute approximate surface area is 158 Å². The lowest BCUT2D eigenvalue weighted by molar-refractivity contribution is -0.115. The van der Waals surface area contributed by atoms with Crippen LogP contribution >= 0.6 is 11.3 Å². The van der Waals surface area contributed by atoms with E-state index >= 15 is 0 Å². The normalized spacial score (nSPS) is 11.5. The Balaban J connectivity index is 1.83. The number of benzene rings is 1. The third-order valence-corrected chi connectivity index (χ3v) is 5.07. The Kier molecular flexibility index (Phi) is 6.81. The van der Waals surface area contributed by atoms with Gasteiger partial charge in [0.2, 0.25) is 5.91 Å². The van der Waals surface area contributed by atoms with Gasteiger partial charge in [-0.1, -0.05) is 31.9 Å². The second-order valence-electron chi connectivity index (χ2n) is 6.41. The molecule has 1 aromatic carbocycles. The van der Waals surface area contributed by atoms with Gasteiger partial charge in [0.05, 0.1) is 6.54 Å². The number of guanidine groups is 1. The van der Waals surface area contributed by atoms with E-state index < -0.39 is 0 Å². The van der Waals surface area contributed by atoms with Crippen molar-refractivity contribution in [1.82, 2.24) is 10.6 Å². The summed E-state index contributed by atoms with van der Waals surface area (Å²) in [6, 6.07) is 11.4. The van der Waals surface area contributed by atoms with Gasteiger partial charge >= 0.3 is 0 Å². The SMILES string of the molecule is C#Cc1cccc(NC(=O)CNC(=NC)NCC(C)(C)c2cccs2)c1. The van der Waals surface area contributed by atoms with Gasteiger partial charge in [-0.15, -0.1) is 17.8 Å². The average molecular weight is 369 g/mol. The summed E-state index contributed by atoms with van der Waals surface area (Å²) in [4.78, 5) is 17.6. The number of anilines is 1. The van der Waals surface area contributed by atoms with Crippen molar-refractivity contribution < 1.29 is 4.79 Å². The fourth-order valence-corrected chi connectivity index (χ4v) is 3.18. The topological polar surface area (TPSA) is 65.5 Å². The number of carbonyl (C=O) groups is 1. The van der Waals surface area contributed by atoms with Crippen LogP contribution in [0, 0.1) is 12.3 Å². The number of amides is 1. The van der Waals surface area contributed by atoms with E-state index in [2.05, 4.69) is 52.2 Å². The van der Waals surface area contributed by atoms with Crippen LogP contribution in [0.5, 0.6) is 0 Å². The van der Waals surface area contributed by atoms with E-state index in [-0.39, 0.29) is 17.9 Å². The van der Waals surface area contributed by atoms with Crippen LogP contribution in [0.1, 0.15) is 24.3 Å². The standard InChI is InChI=1S/C20H24N4OS/c1-5-15-8-6-9-16(12-15)24-18(25)13-22-19(21-4)23-14-20(2,3)17-10-7-11-26-17/h1,6-12H,13-14H2,2-4H3,(H,24,25)(H2,21,22,23). The number of nitrogens with one attached hydrogen (secondary N) is 3. The van der Waals surface area contributed by atoms with Gasteiger partial charge < -0.3 is 16.0 Å². The molecule has 0 atom stereocenters. The highest BCUT2D eigenvalue weighted by molar-refractivity contribution is 7.10. The molecule has 1 heterocycles. The molecule has 26 heavy (non-hydrogen) atoms. The Morgan fingerprint density at radius 1 is 1.27 bits per heavy atom. The first-order valence-electron chi connectivity index (χ1n) is 8.29. The van der Waals surface area contributed by atoms with Gasteiger partial charge in [-0.2, -0.15) is 0 Å². The van der Waals surface area contributed by atoms with Crippen molar-refractivity contribution in [1.29, 1.82) is 0 Å². The van der Waals surface area contributed by atoms with Gasteiger partial charge in [-0.3, -0.25) is 9.79 Å². The lowest BCUT2D eigenvalue weighted by atomic mass is 9.91. The summed E-state index contributed by atoms with van der Waals surface area (Å²) < 4.78 is 0. The monoisotopic (exact) mass is 368 g/mol. The highest BCUT2D eigenvalue weighted by Crippen LogP contribution is 2.26. The fourth-order valence-electron chi connectivity index (χ4n) is 2.33. The number of aliphatic imine (C=N–C) groups is 1. The number of rotatable bonds is 6. The second-order valence-corrected chi connectivity index (χ2v) is 7.36. The molecule has 3 N–H and O–H groups in total. The van der Waals surface area contributed by atoms with Crippen LogP contribution in [0.25, 0.3) is 0 Å². The van der Waals surface area contributed by atoms with Crippen LogP contribution in [0.3, 0.4) is 0 Å². The summed E-state index contributed by atoms with van der Waals surface area (Å²) in [5.74, 6) is 2.97. The molecular weight excluding hydrogens is 344 g/mol. The predicted octanol–water partition coefficient (Wildman–Crippen LogP) is 2.81.